The Labute approximate surface area is 157 Å². The number of carbonyl (C=O) groups is 1. The van der Waals surface area contributed by atoms with Crippen molar-refractivity contribution in [1.82, 2.24) is 15.1 Å². The van der Waals surface area contributed by atoms with Crippen molar-refractivity contribution in [3.8, 4) is 0 Å². The molecule has 6 fully saturated rings. The Morgan fingerprint density at radius 3 is 2.56 bits per heavy atom. The summed E-state index contributed by atoms with van der Waals surface area (Å²) in [5.41, 5.74) is 0.450. The van der Waals surface area contributed by atoms with Crippen LogP contribution >= 0.6 is 0 Å². The smallest absolute Gasteiger partial charge is 0.226 e. The van der Waals surface area contributed by atoms with Gasteiger partial charge in [-0.25, -0.2) is 8.78 Å². The third-order valence-electron chi connectivity index (χ3n) is 8.04. The van der Waals surface area contributed by atoms with Crippen molar-refractivity contribution >= 4 is 5.91 Å². The van der Waals surface area contributed by atoms with Crippen LogP contribution in [0.15, 0.2) is 18.2 Å². The molecule has 0 spiro atoms. The second kappa shape index (κ2) is 5.74. The summed E-state index contributed by atoms with van der Waals surface area (Å²) < 4.78 is 28.6. The lowest BCUT2D eigenvalue weighted by Crippen LogP contribution is -2.61. The SMILES string of the molecule is O=C(C1[C@H]2CNC[C@@H]12)N1C[C@H](c2cccc(F)c2F)[C@@H]2[C@H]1C1CCN2CC1. The standard InChI is InChI=1S/C21H25F2N3O/c22-16-3-1-2-12(18(16)23)15-10-26(21(27)17-13-8-24-9-14(13)17)19-11-4-6-25(7-5-11)20(15)19/h1-3,11,13-15,17,19-20,24H,4-10H2/t13-,14+,15-,17?,19-,20-/m1/s1. The Kier molecular flexibility index (Phi) is 3.49. The number of rotatable bonds is 2. The number of carbonyl (C=O) groups excluding carboxylic acids is 1. The average Bonchev–Trinajstić information content (AvgIpc) is 3.04. The van der Waals surface area contributed by atoms with Crippen molar-refractivity contribution < 1.29 is 13.6 Å². The first-order chi connectivity index (χ1) is 13.1. The zero-order chi connectivity index (χ0) is 18.3. The van der Waals surface area contributed by atoms with Gasteiger partial charge in [0.25, 0.3) is 0 Å². The van der Waals surface area contributed by atoms with Crippen molar-refractivity contribution in [2.75, 3.05) is 32.7 Å². The van der Waals surface area contributed by atoms with E-state index in [4.69, 9.17) is 0 Å². The van der Waals surface area contributed by atoms with Gasteiger partial charge in [-0.05, 0) is 68.4 Å². The lowest BCUT2D eigenvalue weighted by Gasteiger charge is -2.51. The first-order valence-electron chi connectivity index (χ1n) is 10.3. The highest BCUT2D eigenvalue weighted by atomic mass is 19.2. The summed E-state index contributed by atoms with van der Waals surface area (Å²) in [7, 11) is 0. The van der Waals surface area contributed by atoms with Gasteiger partial charge in [0, 0.05) is 24.4 Å². The number of halogens is 2. The Morgan fingerprint density at radius 1 is 1.07 bits per heavy atom. The molecule has 1 unspecified atom stereocenters. The number of amides is 1. The van der Waals surface area contributed by atoms with Crippen LogP contribution in [-0.4, -0.2) is 60.5 Å². The highest BCUT2D eigenvalue weighted by Gasteiger charge is 2.62. The minimum absolute atomic E-state index is 0.130. The first-order valence-corrected chi connectivity index (χ1v) is 10.3. The Hall–Kier alpha value is -1.53. The van der Waals surface area contributed by atoms with E-state index in [1.54, 1.807) is 12.1 Å². The molecule has 5 saturated heterocycles. The summed E-state index contributed by atoms with van der Waals surface area (Å²) >= 11 is 0. The van der Waals surface area contributed by atoms with E-state index >= 15 is 0 Å². The van der Waals surface area contributed by atoms with Gasteiger partial charge in [0.05, 0.1) is 6.04 Å². The lowest BCUT2D eigenvalue weighted by atomic mass is 9.75. The predicted molar refractivity (Wildman–Crippen MR) is 96.0 cm³/mol. The fourth-order valence-electron chi connectivity index (χ4n) is 6.73. The van der Waals surface area contributed by atoms with Crippen LogP contribution in [0.3, 0.4) is 0 Å². The van der Waals surface area contributed by atoms with Crippen LogP contribution in [0.25, 0.3) is 0 Å². The third kappa shape index (κ3) is 2.23. The second-order valence-electron chi connectivity index (χ2n) is 9.11. The summed E-state index contributed by atoms with van der Waals surface area (Å²) in [4.78, 5) is 17.9. The molecule has 5 aliphatic heterocycles. The molecule has 1 aliphatic carbocycles. The summed E-state index contributed by atoms with van der Waals surface area (Å²) in [5.74, 6) is 0.257. The number of hydrogen-bond donors (Lipinski definition) is 1. The number of piperidine rings is 4. The predicted octanol–water partition coefficient (Wildman–Crippen LogP) is 1.82. The molecule has 0 aromatic heterocycles. The van der Waals surface area contributed by atoms with Gasteiger partial charge in [-0.3, -0.25) is 9.69 Å². The largest absolute Gasteiger partial charge is 0.337 e. The highest BCUT2D eigenvalue weighted by Crippen LogP contribution is 2.53. The summed E-state index contributed by atoms with van der Waals surface area (Å²) in [6.45, 7) is 4.45. The number of benzene rings is 1. The van der Waals surface area contributed by atoms with E-state index in [-0.39, 0.29) is 29.8 Å². The van der Waals surface area contributed by atoms with Crippen molar-refractivity contribution in [3.05, 3.63) is 35.4 Å². The molecule has 6 heteroatoms. The van der Waals surface area contributed by atoms with Gasteiger partial charge < -0.3 is 10.2 Å². The molecule has 5 heterocycles. The molecule has 144 valence electrons. The van der Waals surface area contributed by atoms with Crippen LogP contribution in [0.1, 0.15) is 24.3 Å². The molecule has 1 amide bonds. The van der Waals surface area contributed by atoms with Gasteiger partial charge in [-0.2, -0.15) is 0 Å². The maximum Gasteiger partial charge on any atom is 0.226 e. The fraction of sp³-hybridized carbons (Fsp3) is 0.667. The highest BCUT2D eigenvalue weighted by molar-refractivity contribution is 5.83. The topological polar surface area (TPSA) is 35.6 Å². The van der Waals surface area contributed by atoms with Gasteiger partial charge in [0.15, 0.2) is 11.6 Å². The van der Waals surface area contributed by atoms with Crippen LogP contribution in [0.5, 0.6) is 0 Å². The Balaban J connectivity index is 1.36. The van der Waals surface area contributed by atoms with Crippen molar-refractivity contribution in [2.45, 2.75) is 30.8 Å². The third-order valence-corrected chi connectivity index (χ3v) is 8.04. The molecule has 6 atom stereocenters. The second-order valence-corrected chi connectivity index (χ2v) is 9.11. The van der Waals surface area contributed by atoms with Crippen LogP contribution in [0, 0.1) is 35.3 Å². The summed E-state index contributed by atoms with van der Waals surface area (Å²) in [6.07, 6.45) is 2.23. The molecule has 4 nitrogen and oxygen atoms in total. The molecule has 1 aromatic rings. The first kappa shape index (κ1) is 16.4. The summed E-state index contributed by atoms with van der Waals surface area (Å²) in [5, 5.41) is 3.36. The van der Waals surface area contributed by atoms with E-state index < -0.39 is 11.6 Å². The zero-order valence-corrected chi connectivity index (χ0v) is 15.3. The molecule has 1 N–H and O–H groups in total. The molecule has 1 saturated carbocycles. The minimum Gasteiger partial charge on any atom is -0.337 e. The maximum atomic E-state index is 14.6. The molecular formula is C21H25F2N3O. The van der Waals surface area contributed by atoms with Crippen molar-refractivity contribution in [3.63, 3.8) is 0 Å². The van der Waals surface area contributed by atoms with Crippen LogP contribution < -0.4 is 5.32 Å². The molecule has 27 heavy (non-hydrogen) atoms. The van der Waals surface area contributed by atoms with E-state index in [1.165, 1.54) is 6.07 Å². The molecule has 0 radical (unpaired) electrons. The van der Waals surface area contributed by atoms with E-state index in [1.807, 2.05) is 0 Å². The van der Waals surface area contributed by atoms with Crippen LogP contribution in [0.4, 0.5) is 8.78 Å². The quantitative estimate of drug-likeness (QED) is 0.859. The van der Waals surface area contributed by atoms with E-state index in [9.17, 15) is 13.6 Å². The normalized spacial score (nSPS) is 44.3. The van der Waals surface area contributed by atoms with E-state index in [0.717, 1.165) is 39.0 Å². The number of hydrogen-bond acceptors (Lipinski definition) is 3. The van der Waals surface area contributed by atoms with Gasteiger partial charge in [0.2, 0.25) is 5.91 Å². The Morgan fingerprint density at radius 2 is 1.81 bits per heavy atom. The van der Waals surface area contributed by atoms with Gasteiger partial charge in [-0.15, -0.1) is 0 Å². The number of nitrogens with one attached hydrogen (secondary N) is 1. The van der Waals surface area contributed by atoms with Gasteiger partial charge in [0.1, 0.15) is 0 Å². The summed E-state index contributed by atoms with van der Waals surface area (Å²) in [6, 6.07) is 4.80. The van der Waals surface area contributed by atoms with E-state index in [2.05, 4.69) is 15.1 Å². The maximum absolute atomic E-state index is 14.6. The number of nitrogens with zero attached hydrogens (tertiary/aromatic N) is 2. The van der Waals surface area contributed by atoms with Gasteiger partial charge in [-0.1, -0.05) is 12.1 Å². The fourth-order valence-corrected chi connectivity index (χ4v) is 6.73. The molecule has 1 aromatic carbocycles. The van der Waals surface area contributed by atoms with Crippen LogP contribution in [0.2, 0.25) is 0 Å². The number of likely N-dealkylation sites (tertiary alicyclic amines) is 1. The lowest BCUT2D eigenvalue weighted by molar-refractivity contribution is -0.138. The average molecular weight is 373 g/mol. The monoisotopic (exact) mass is 373 g/mol. The molecular weight excluding hydrogens is 348 g/mol. The van der Waals surface area contributed by atoms with Crippen LogP contribution in [-0.2, 0) is 4.79 Å². The molecule has 7 rings (SSSR count). The van der Waals surface area contributed by atoms with Crippen molar-refractivity contribution in [2.24, 2.45) is 23.7 Å². The molecule has 2 bridgehead atoms. The Bertz CT molecular complexity index is 784. The minimum atomic E-state index is -0.785. The molecule has 6 aliphatic rings. The van der Waals surface area contributed by atoms with Crippen molar-refractivity contribution in [1.29, 1.82) is 0 Å². The zero-order valence-electron chi connectivity index (χ0n) is 15.3. The van der Waals surface area contributed by atoms with E-state index in [0.29, 0.717) is 29.9 Å². The van der Waals surface area contributed by atoms with Gasteiger partial charge >= 0.3 is 0 Å². The number of fused-ring (bicyclic) bond motifs is 3.